The SMILES string of the molecule is Cc1ccc(C(=O)N2CCC3(C2)c2cccn2-c2ncccc2N3CC(C)C)cc1O. The van der Waals surface area contributed by atoms with Gasteiger partial charge in [0.2, 0.25) is 0 Å². The summed E-state index contributed by atoms with van der Waals surface area (Å²) < 4.78 is 2.18. The van der Waals surface area contributed by atoms with Gasteiger partial charge in [-0.05, 0) is 61.2 Å². The van der Waals surface area contributed by atoms with E-state index in [1.165, 1.54) is 5.69 Å². The summed E-state index contributed by atoms with van der Waals surface area (Å²) in [6, 6.07) is 13.5. The summed E-state index contributed by atoms with van der Waals surface area (Å²) in [7, 11) is 0. The van der Waals surface area contributed by atoms with Crippen LogP contribution in [0, 0.1) is 12.8 Å². The Labute approximate surface area is 182 Å². The number of amides is 1. The Morgan fingerprint density at radius 2 is 2.06 bits per heavy atom. The van der Waals surface area contributed by atoms with E-state index in [0.29, 0.717) is 24.6 Å². The van der Waals surface area contributed by atoms with Crippen LogP contribution in [0.25, 0.3) is 5.82 Å². The average Bonchev–Trinajstić information content (AvgIpc) is 3.41. The smallest absolute Gasteiger partial charge is 0.254 e. The van der Waals surface area contributed by atoms with Crippen molar-refractivity contribution in [3.63, 3.8) is 0 Å². The molecule has 1 unspecified atom stereocenters. The molecule has 2 aromatic heterocycles. The third-order valence-corrected chi connectivity index (χ3v) is 6.57. The molecule has 3 aromatic rings. The minimum absolute atomic E-state index is 0.0354. The number of nitrogens with zero attached hydrogens (tertiary/aromatic N) is 4. The van der Waals surface area contributed by atoms with Crippen LogP contribution in [-0.4, -0.2) is 45.1 Å². The van der Waals surface area contributed by atoms with Crippen molar-refractivity contribution in [2.45, 2.75) is 32.7 Å². The maximum absolute atomic E-state index is 13.3. The monoisotopic (exact) mass is 416 g/mol. The van der Waals surface area contributed by atoms with Crippen molar-refractivity contribution in [2.75, 3.05) is 24.5 Å². The third kappa shape index (κ3) is 3.00. The standard InChI is InChI=1S/C25H28N4O2/c1-17(2)15-29-20-6-4-11-26-23(20)28-12-5-7-22(28)25(29)10-13-27(16-25)24(31)19-9-8-18(3)21(30)14-19/h4-9,11-12,14,17,30H,10,13,15-16H2,1-3H3. The van der Waals surface area contributed by atoms with E-state index in [9.17, 15) is 9.90 Å². The zero-order valence-corrected chi connectivity index (χ0v) is 18.2. The normalized spacial score (nSPS) is 19.7. The number of hydrogen-bond acceptors (Lipinski definition) is 4. The van der Waals surface area contributed by atoms with Crippen molar-refractivity contribution < 1.29 is 9.90 Å². The molecule has 31 heavy (non-hydrogen) atoms. The van der Waals surface area contributed by atoms with Crippen molar-refractivity contribution in [3.8, 4) is 11.6 Å². The molecule has 6 heteroatoms. The van der Waals surface area contributed by atoms with Crippen LogP contribution in [0.15, 0.2) is 54.9 Å². The summed E-state index contributed by atoms with van der Waals surface area (Å²) in [5.41, 5.74) is 3.30. The number of aromatic hydroxyl groups is 1. The minimum Gasteiger partial charge on any atom is -0.508 e. The Hall–Kier alpha value is -3.28. The number of fused-ring (bicyclic) bond motifs is 4. The topological polar surface area (TPSA) is 61.6 Å². The van der Waals surface area contributed by atoms with Crippen LogP contribution >= 0.6 is 0 Å². The maximum Gasteiger partial charge on any atom is 0.254 e. The number of anilines is 1. The molecule has 0 bridgehead atoms. The molecule has 0 aliphatic carbocycles. The van der Waals surface area contributed by atoms with E-state index in [0.717, 1.165) is 30.0 Å². The lowest BCUT2D eigenvalue weighted by molar-refractivity contribution is 0.0781. The lowest BCUT2D eigenvalue weighted by Crippen LogP contribution is -2.54. The highest BCUT2D eigenvalue weighted by Crippen LogP contribution is 2.47. The van der Waals surface area contributed by atoms with Gasteiger partial charge in [0, 0.05) is 37.6 Å². The molecule has 1 amide bonds. The van der Waals surface area contributed by atoms with Gasteiger partial charge < -0.3 is 19.5 Å². The fraction of sp³-hybridized carbons (Fsp3) is 0.360. The van der Waals surface area contributed by atoms with E-state index >= 15 is 0 Å². The quantitative estimate of drug-likeness (QED) is 0.698. The first-order chi connectivity index (χ1) is 14.9. The summed E-state index contributed by atoms with van der Waals surface area (Å²) in [5, 5.41) is 10.1. The van der Waals surface area contributed by atoms with Crippen molar-refractivity contribution in [2.24, 2.45) is 5.92 Å². The van der Waals surface area contributed by atoms with Crippen LogP contribution in [0.3, 0.4) is 0 Å². The molecule has 2 aliphatic heterocycles. The molecule has 1 fully saturated rings. The fourth-order valence-electron chi connectivity index (χ4n) is 5.06. The van der Waals surface area contributed by atoms with Gasteiger partial charge in [0.1, 0.15) is 11.3 Å². The van der Waals surface area contributed by atoms with Gasteiger partial charge in [0.15, 0.2) is 5.82 Å². The minimum atomic E-state index is -0.299. The molecule has 1 N–H and O–H groups in total. The molecule has 1 spiro atoms. The predicted molar refractivity (Wildman–Crippen MR) is 121 cm³/mol. The Morgan fingerprint density at radius 1 is 1.23 bits per heavy atom. The number of rotatable bonds is 3. The second-order valence-electron chi connectivity index (χ2n) is 9.12. The number of aromatic nitrogens is 2. The first-order valence-corrected chi connectivity index (χ1v) is 10.9. The molecule has 160 valence electrons. The zero-order chi connectivity index (χ0) is 21.8. The first-order valence-electron chi connectivity index (χ1n) is 10.9. The largest absolute Gasteiger partial charge is 0.508 e. The Morgan fingerprint density at radius 3 is 2.84 bits per heavy atom. The predicted octanol–water partition coefficient (Wildman–Crippen LogP) is 4.10. The van der Waals surface area contributed by atoms with Gasteiger partial charge in [0.05, 0.1) is 11.4 Å². The third-order valence-electron chi connectivity index (χ3n) is 6.57. The number of aryl methyl sites for hydroxylation is 1. The number of benzene rings is 1. The molecular weight excluding hydrogens is 388 g/mol. The van der Waals surface area contributed by atoms with Gasteiger partial charge in [0.25, 0.3) is 5.91 Å². The maximum atomic E-state index is 13.3. The molecule has 1 saturated heterocycles. The summed E-state index contributed by atoms with van der Waals surface area (Å²) >= 11 is 0. The molecular formula is C25H28N4O2. The molecule has 0 radical (unpaired) electrons. The van der Waals surface area contributed by atoms with Crippen molar-refractivity contribution in [1.82, 2.24) is 14.5 Å². The second kappa shape index (κ2) is 7.15. The van der Waals surface area contributed by atoms with Crippen LogP contribution in [0.1, 0.15) is 41.9 Å². The molecule has 4 heterocycles. The number of likely N-dealkylation sites (tertiary alicyclic amines) is 1. The van der Waals surface area contributed by atoms with Crippen LogP contribution in [0.2, 0.25) is 0 Å². The molecule has 1 aromatic carbocycles. The molecule has 0 saturated carbocycles. The number of pyridine rings is 1. The van der Waals surface area contributed by atoms with Crippen LogP contribution in [0.5, 0.6) is 5.75 Å². The highest BCUT2D eigenvalue weighted by molar-refractivity contribution is 5.95. The summed E-state index contributed by atoms with van der Waals surface area (Å²) in [6.07, 6.45) is 4.75. The highest BCUT2D eigenvalue weighted by Gasteiger charge is 2.50. The highest BCUT2D eigenvalue weighted by atomic mass is 16.3. The Kier molecular flexibility index (Phi) is 4.54. The number of hydrogen-bond donors (Lipinski definition) is 1. The van der Waals surface area contributed by atoms with Crippen molar-refractivity contribution in [3.05, 3.63) is 71.7 Å². The van der Waals surface area contributed by atoms with Gasteiger partial charge in [-0.15, -0.1) is 0 Å². The van der Waals surface area contributed by atoms with E-state index in [1.807, 2.05) is 24.1 Å². The lowest BCUT2D eigenvalue weighted by atomic mass is 9.88. The van der Waals surface area contributed by atoms with E-state index in [4.69, 9.17) is 0 Å². The van der Waals surface area contributed by atoms with Gasteiger partial charge >= 0.3 is 0 Å². The second-order valence-corrected chi connectivity index (χ2v) is 9.12. The molecule has 6 nitrogen and oxygen atoms in total. The van der Waals surface area contributed by atoms with Crippen LogP contribution < -0.4 is 4.90 Å². The Balaban J connectivity index is 1.56. The van der Waals surface area contributed by atoms with E-state index in [-0.39, 0.29) is 17.2 Å². The van der Waals surface area contributed by atoms with E-state index in [1.54, 1.807) is 18.2 Å². The van der Waals surface area contributed by atoms with E-state index < -0.39 is 0 Å². The van der Waals surface area contributed by atoms with Crippen molar-refractivity contribution in [1.29, 1.82) is 0 Å². The first kappa shape index (κ1) is 19.7. The van der Waals surface area contributed by atoms with Crippen LogP contribution in [-0.2, 0) is 5.54 Å². The lowest BCUT2D eigenvalue weighted by Gasteiger charge is -2.47. The Bertz CT molecular complexity index is 1150. The summed E-state index contributed by atoms with van der Waals surface area (Å²) in [6.45, 7) is 8.44. The number of carbonyl (C=O) groups excluding carboxylic acids is 1. The van der Waals surface area contributed by atoms with Gasteiger partial charge in [-0.3, -0.25) is 4.79 Å². The fourth-order valence-corrected chi connectivity index (χ4v) is 5.06. The average molecular weight is 417 g/mol. The van der Waals surface area contributed by atoms with Gasteiger partial charge in [-0.25, -0.2) is 4.98 Å². The van der Waals surface area contributed by atoms with Gasteiger partial charge in [-0.2, -0.15) is 0 Å². The van der Waals surface area contributed by atoms with Crippen LogP contribution in [0.4, 0.5) is 5.69 Å². The molecule has 2 aliphatic rings. The zero-order valence-electron chi connectivity index (χ0n) is 18.2. The summed E-state index contributed by atoms with van der Waals surface area (Å²) in [4.78, 5) is 22.4. The van der Waals surface area contributed by atoms with Crippen molar-refractivity contribution >= 4 is 11.6 Å². The molecule has 5 rings (SSSR count). The number of phenols is 1. The van der Waals surface area contributed by atoms with Gasteiger partial charge in [-0.1, -0.05) is 19.9 Å². The molecule has 1 atom stereocenters. The number of carbonyl (C=O) groups is 1. The van der Waals surface area contributed by atoms with E-state index in [2.05, 4.69) is 52.7 Å². The summed E-state index contributed by atoms with van der Waals surface area (Å²) in [5.74, 6) is 1.53. The number of phenolic OH excluding ortho intramolecular Hbond substituents is 1.